The summed E-state index contributed by atoms with van der Waals surface area (Å²) in [6.45, 7) is 6.01. The minimum absolute atomic E-state index is 0.561. The molecule has 2 aromatic carbocycles. The number of carboxylic acids is 1. The van der Waals surface area contributed by atoms with Gasteiger partial charge in [0.15, 0.2) is 0 Å². The molecule has 0 aliphatic rings. The van der Waals surface area contributed by atoms with E-state index in [4.69, 9.17) is 0 Å². The number of carboxylic acid groups (broad SMARTS) is 1. The van der Waals surface area contributed by atoms with E-state index in [1.807, 2.05) is 75.4 Å². The van der Waals surface area contributed by atoms with Crippen molar-refractivity contribution in [2.24, 2.45) is 0 Å². The standard InChI is InChI=1S/C15H14O2S.C2H6/c1-11-7-9-13(10-8-11)18-14(15(16)17)12-5-3-2-4-6-12;1-2/h2-10,14H,1H3,(H,16,17);1-2H3. The van der Waals surface area contributed by atoms with Gasteiger partial charge in [0, 0.05) is 4.90 Å². The Morgan fingerprint density at radius 3 is 2.05 bits per heavy atom. The summed E-state index contributed by atoms with van der Waals surface area (Å²) in [6.07, 6.45) is 0. The zero-order chi connectivity index (χ0) is 15.0. The molecule has 1 N–H and O–H groups in total. The van der Waals surface area contributed by atoms with E-state index in [1.165, 1.54) is 17.3 Å². The van der Waals surface area contributed by atoms with E-state index >= 15 is 0 Å². The summed E-state index contributed by atoms with van der Waals surface area (Å²) in [6, 6.07) is 17.2. The number of carbonyl (C=O) groups is 1. The van der Waals surface area contributed by atoms with Gasteiger partial charge in [-0.3, -0.25) is 4.79 Å². The maximum absolute atomic E-state index is 11.4. The lowest BCUT2D eigenvalue weighted by Crippen LogP contribution is -2.07. The first-order chi connectivity index (χ1) is 9.66. The first-order valence-corrected chi connectivity index (χ1v) is 7.56. The van der Waals surface area contributed by atoms with Crippen LogP contribution in [-0.4, -0.2) is 11.1 Å². The molecule has 2 rings (SSSR count). The highest BCUT2D eigenvalue weighted by molar-refractivity contribution is 8.00. The van der Waals surface area contributed by atoms with E-state index in [1.54, 1.807) is 0 Å². The highest BCUT2D eigenvalue weighted by Gasteiger charge is 2.20. The largest absolute Gasteiger partial charge is 0.480 e. The summed E-state index contributed by atoms with van der Waals surface area (Å²) in [5.41, 5.74) is 1.99. The molecule has 0 aliphatic heterocycles. The number of rotatable bonds is 4. The zero-order valence-electron chi connectivity index (χ0n) is 12.0. The first-order valence-electron chi connectivity index (χ1n) is 6.68. The molecule has 1 atom stereocenters. The summed E-state index contributed by atoms with van der Waals surface area (Å²) >= 11 is 1.36. The van der Waals surface area contributed by atoms with E-state index in [0.717, 1.165) is 10.5 Å². The fraction of sp³-hybridized carbons (Fsp3) is 0.235. The SMILES string of the molecule is CC.Cc1ccc(SC(C(=O)O)c2ccccc2)cc1. The monoisotopic (exact) mass is 288 g/mol. The van der Waals surface area contributed by atoms with Gasteiger partial charge in [0.05, 0.1) is 0 Å². The molecule has 2 nitrogen and oxygen atoms in total. The van der Waals surface area contributed by atoms with Crippen LogP contribution in [0.5, 0.6) is 0 Å². The van der Waals surface area contributed by atoms with Crippen LogP contribution in [-0.2, 0) is 4.79 Å². The smallest absolute Gasteiger partial charge is 0.321 e. The highest BCUT2D eigenvalue weighted by Crippen LogP contribution is 2.35. The highest BCUT2D eigenvalue weighted by atomic mass is 32.2. The second-order valence-electron chi connectivity index (χ2n) is 4.06. The van der Waals surface area contributed by atoms with Gasteiger partial charge >= 0.3 is 5.97 Å². The molecular weight excluding hydrogens is 268 g/mol. The van der Waals surface area contributed by atoms with Crippen molar-refractivity contribution in [3.05, 3.63) is 65.7 Å². The van der Waals surface area contributed by atoms with Crippen molar-refractivity contribution in [2.75, 3.05) is 0 Å². The molecule has 0 aliphatic carbocycles. The van der Waals surface area contributed by atoms with Crippen molar-refractivity contribution in [3.8, 4) is 0 Å². The predicted molar refractivity (Wildman–Crippen MR) is 85.2 cm³/mol. The minimum atomic E-state index is -0.813. The third kappa shape index (κ3) is 4.74. The second-order valence-corrected chi connectivity index (χ2v) is 5.24. The Hall–Kier alpha value is -1.74. The summed E-state index contributed by atoms with van der Waals surface area (Å²) in [7, 11) is 0. The third-order valence-corrected chi connectivity index (χ3v) is 3.86. The Balaban J connectivity index is 0.000000956. The molecular formula is C17H20O2S. The van der Waals surface area contributed by atoms with Crippen LogP contribution in [0.15, 0.2) is 59.5 Å². The Labute approximate surface area is 124 Å². The minimum Gasteiger partial charge on any atom is -0.480 e. The van der Waals surface area contributed by atoms with E-state index in [9.17, 15) is 9.90 Å². The van der Waals surface area contributed by atoms with Crippen LogP contribution in [0.25, 0.3) is 0 Å². The van der Waals surface area contributed by atoms with Crippen molar-refractivity contribution in [1.29, 1.82) is 0 Å². The molecule has 2 aromatic rings. The molecule has 20 heavy (non-hydrogen) atoms. The van der Waals surface area contributed by atoms with Crippen LogP contribution < -0.4 is 0 Å². The molecule has 3 heteroatoms. The van der Waals surface area contributed by atoms with E-state index in [0.29, 0.717) is 0 Å². The molecule has 0 saturated carbocycles. The fourth-order valence-corrected chi connectivity index (χ4v) is 2.60. The molecule has 0 heterocycles. The number of benzene rings is 2. The van der Waals surface area contributed by atoms with Crippen molar-refractivity contribution in [3.63, 3.8) is 0 Å². The Morgan fingerprint density at radius 2 is 1.55 bits per heavy atom. The zero-order valence-corrected chi connectivity index (χ0v) is 12.9. The predicted octanol–water partition coefficient (Wildman–Crippen LogP) is 4.94. The Kier molecular flexibility index (Phi) is 6.88. The van der Waals surface area contributed by atoms with E-state index < -0.39 is 11.2 Å². The molecule has 0 fully saturated rings. The average molecular weight is 288 g/mol. The maximum atomic E-state index is 11.4. The van der Waals surface area contributed by atoms with Crippen LogP contribution in [0.3, 0.4) is 0 Å². The summed E-state index contributed by atoms with van der Waals surface area (Å²) in [5, 5.41) is 8.76. The van der Waals surface area contributed by atoms with Gasteiger partial charge in [-0.15, -0.1) is 11.8 Å². The van der Waals surface area contributed by atoms with Gasteiger partial charge in [0.1, 0.15) is 5.25 Å². The topological polar surface area (TPSA) is 37.3 Å². The van der Waals surface area contributed by atoms with E-state index in [2.05, 4.69) is 0 Å². The molecule has 0 saturated heterocycles. The van der Waals surface area contributed by atoms with Crippen LogP contribution in [0, 0.1) is 6.92 Å². The van der Waals surface area contributed by atoms with Crippen LogP contribution in [0.4, 0.5) is 0 Å². The van der Waals surface area contributed by atoms with Crippen LogP contribution in [0.2, 0.25) is 0 Å². The average Bonchev–Trinajstić information content (AvgIpc) is 2.49. The summed E-state index contributed by atoms with van der Waals surface area (Å²) < 4.78 is 0. The first kappa shape index (κ1) is 16.3. The van der Waals surface area contributed by atoms with Crippen LogP contribution >= 0.6 is 11.8 Å². The number of aliphatic carboxylic acids is 1. The van der Waals surface area contributed by atoms with Gasteiger partial charge in [-0.2, -0.15) is 0 Å². The number of aryl methyl sites for hydroxylation is 1. The normalized spacial score (nSPS) is 11.2. The van der Waals surface area contributed by atoms with Crippen LogP contribution in [0.1, 0.15) is 30.2 Å². The Morgan fingerprint density at radius 1 is 1.00 bits per heavy atom. The number of hydrogen-bond acceptors (Lipinski definition) is 2. The molecule has 0 amide bonds. The van der Waals surface area contributed by atoms with Gasteiger partial charge < -0.3 is 5.11 Å². The summed E-state index contributed by atoms with van der Waals surface area (Å²) in [4.78, 5) is 12.3. The van der Waals surface area contributed by atoms with Gasteiger partial charge in [-0.25, -0.2) is 0 Å². The molecule has 1 unspecified atom stereocenters. The lowest BCUT2D eigenvalue weighted by Gasteiger charge is -2.12. The number of hydrogen-bond donors (Lipinski definition) is 1. The molecule has 0 bridgehead atoms. The van der Waals surface area contributed by atoms with Crippen molar-refractivity contribution in [2.45, 2.75) is 30.9 Å². The maximum Gasteiger partial charge on any atom is 0.321 e. The van der Waals surface area contributed by atoms with Gasteiger partial charge in [-0.1, -0.05) is 61.9 Å². The second kappa shape index (κ2) is 8.43. The van der Waals surface area contributed by atoms with Gasteiger partial charge in [0.25, 0.3) is 0 Å². The third-order valence-electron chi connectivity index (χ3n) is 2.60. The Bertz CT molecular complexity index is 520. The fourth-order valence-electron chi connectivity index (χ4n) is 1.64. The van der Waals surface area contributed by atoms with Crippen molar-refractivity contribution >= 4 is 17.7 Å². The molecule has 0 spiro atoms. The lowest BCUT2D eigenvalue weighted by atomic mass is 10.1. The van der Waals surface area contributed by atoms with Crippen molar-refractivity contribution in [1.82, 2.24) is 0 Å². The van der Waals surface area contributed by atoms with Gasteiger partial charge in [0.2, 0.25) is 0 Å². The molecule has 0 radical (unpaired) electrons. The van der Waals surface area contributed by atoms with E-state index in [-0.39, 0.29) is 0 Å². The lowest BCUT2D eigenvalue weighted by molar-refractivity contribution is -0.136. The molecule has 0 aromatic heterocycles. The quantitative estimate of drug-likeness (QED) is 0.810. The summed E-state index contributed by atoms with van der Waals surface area (Å²) in [5.74, 6) is -0.813. The molecule has 106 valence electrons. The van der Waals surface area contributed by atoms with Crippen molar-refractivity contribution < 1.29 is 9.90 Å². The van der Waals surface area contributed by atoms with Gasteiger partial charge in [-0.05, 0) is 24.6 Å². The number of thioether (sulfide) groups is 1.